The number of nitrogen functional groups attached to an aromatic ring is 1. The van der Waals surface area contributed by atoms with Crippen LogP contribution in [-0.4, -0.2) is 53.0 Å². The van der Waals surface area contributed by atoms with Crippen LogP contribution >= 0.6 is 0 Å². The Morgan fingerprint density at radius 1 is 1.33 bits per heavy atom. The molecule has 0 amide bonds. The van der Waals surface area contributed by atoms with Gasteiger partial charge in [-0.05, 0) is 27.6 Å². The number of rotatable bonds is 7. The van der Waals surface area contributed by atoms with Crippen LogP contribution in [0.1, 0.15) is 19.5 Å². The van der Waals surface area contributed by atoms with Crippen LogP contribution in [-0.2, 0) is 6.54 Å². The van der Waals surface area contributed by atoms with Gasteiger partial charge in [-0.2, -0.15) is 0 Å². The lowest BCUT2D eigenvalue weighted by Gasteiger charge is -2.29. The summed E-state index contributed by atoms with van der Waals surface area (Å²) in [5.74, 6) is 5.85. The van der Waals surface area contributed by atoms with Crippen LogP contribution in [0.5, 0.6) is 0 Å². The van der Waals surface area contributed by atoms with Crippen molar-refractivity contribution in [2.45, 2.75) is 26.4 Å². The Morgan fingerprint density at radius 2 is 2.06 bits per heavy atom. The molecule has 0 radical (unpaired) electrons. The number of likely N-dealkylation sites (N-methyl/N-ethyl adjacent to an activating group) is 2. The number of hydrogen-bond acceptors (Lipinski definition) is 6. The lowest BCUT2D eigenvalue weighted by Crippen LogP contribution is -2.39. The van der Waals surface area contributed by atoms with Gasteiger partial charge in [0, 0.05) is 19.1 Å². The minimum atomic E-state index is 0.485. The van der Waals surface area contributed by atoms with E-state index in [0.717, 1.165) is 25.3 Å². The topological polar surface area (TPSA) is 70.3 Å². The van der Waals surface area contributed by atoms with Gasteiger partial charge < -0.3 is 10.3 Å². The maximum absolute atomic E-state index is 5.26. The first kappa shape index (κ1) is 14.8. The highest BCUT2D eigenvalue weighted by atomic mass is 15.3. The molecule has 1 atom stereocenters. The monoisotopic (exact) mass is 252 g/mol. The molecule has 0 fully saturated rings. The summed E-state index contributed by atoms with van der Waals surface area (Å²) in [4.78, 5) is 13.1. The second-order valence-electron chi connectivity index (χ2n) is 4.71. The standard InChI is InChI=1S/C12H24N6/c1-5-18(10(2)8-17(3)4)9-11-6-15-12(16-13)7-14-11/h6-7,10H,5,8-9,13H2,1-4H3,(H,15,16). The predicted octanol–water partition coefficient (Wildman–Crippen LogP) is 0.534. The van der Waals surface area contributed by atoms with Crippen LogP contribution in [0.15, 0.2) is 12.4 Å². The van der Waals surface area contributed by atoms with E-state index in [4.69, 9.17) is 5.84 Å². The van der Waals surface area contributed by atoms with E-state index in [1.54, 1.807) is 12.4 Å². The van der Waals surface area contributed by atoms with Crippen molar-refractivity contribution in [1.29, 1.82) is 0 Å². The maximum atomic E-state index is 5.26. The molecule has 0 aliphatic rings. The summed E-state index contributed by atoms with van der Waals surface area (Å²) >= 11 is 0. The zero-order chi connectivity index (χ0) is 13.5. The van der Waals surface area contributed by atoms with E-state index in [-0.39, 0.29) is 0 Å². The van der Waals surface area contributed by atoms with Crippen molar-refractivity contribution in [2.75, 3.05) is 32.6 Å². The van der Waals surface area contributed by atoms with Crippen molar-refractivity contribution in [1.82, 2.24) is 19.8 Å². The number of anilines is 1. The van der Waals surface area contributed by atoms with E-state index in [1.807, 2.05) is 0 Å². The van der Waals surface area contributed by atoms with E-state index in [1.165, 1.54) is 0 Å². The smallest absolute Gasteiger partial charge is 0.158 e. The number of aromatic nitrogens is 2. The largest absolute Gasteiger partial charge is 0.308 e. The lowest BCUT2D eigenvalue weighted by molar-refractivity contribution is 0.172. The van der Waals surface area contributed by atoms with Gasteiger partial charge in [0.15, 0.2) is 5.82 Å². The normalized spacial score (nSPS) is 13.1. The fraction of sp³-hybridized carbons (Fsp3) is 0.667. The number of nitrogens with two attached hydrogens (primary N) is 1. The fourth-order valence-electron chi connectivity index (χ4n) is 1.94. The molecule has 0 bridgehead atoms. The number of nitrogens with zero attached hydrogens (tertiary/aromatic N) is 4. The molecule has 6 nitrogen and oxygen atoms in total. The summed E-state index contributed by atoms with van der Waals surface area (Å²) in [6.07, 6.45) is 3.42. The summed E-state index contributed by atoms with van der Waals surface area (Å²) in [6.45, 7) is 7.22. The number of hydrogen-bond donors (Lipinski definition) is 2. The molecule has 0 saturated heterocycles. The molecule has 0 aliphatic carbocycles. The van der Waals surface area contributed by atoms with Crippen molar-refractivity contribution in [3.8, 4) is 0 Å². The predicted molar refractivity (Wildman–Crippen MR) is 73.9 cm³/mol. The van der Waals surface area contributed by atoms with Gasteiger partial charge in [-0.25, -0.2) is 10.8 Å². The molecule has 1 heterocycles. The second-order valence-corrected chi connectivity index (χ2v) is 4.71. The van der Waals surface area contributed by atoms with Gasteiger partial charge in [0.2, 0.25) is 0 Å². The summed E-state index contributed by atoms with van der Waals surface area (Å²) in [7, 11) is 4.18. The molecule has 0 aliphatic heterocycles. The van der Waals surface area contributed by atoms with Crippen LogP contribution in [0.4, 0.5) is 5.82 Å². The Morgan fingerprint density at radius 3 is 2.50 bits per heavy atom. The quantitative estimate of drug-likeness (QED) is 0.545. The van der Waals surface area contributed by atoms with Gasteiger partial charge in [0.05, 0.1) is 18.1 Å². The third-order valence-electron chi connectivity index (χ3n) is 2.88. The van der Waals surface area contributed by atoms with Gasteiger partial charge in [-0.15, -0.1) is 0 Å². The molecule has 6 heteroatoms. The maximum Gasteiger partial charge on any atom is 0.158 e. The zero-order valence-corrected chi connectivity index (χ0v) is 11.7. The highest BCUT2D eigenvalue weighted by molar-refractivity contribution is 5.28. The van der Waals surface area contributed by atoms with Crippen LogP contribution in [0.3, 0.4) is 0 Å². The van der Waals surface area contributed by atoms with Crippen LogP contribution in [0, 0.1) is 0 Å². The third kappa shape index (κ3) is 4.56. The molecule has 0 spiro atoms. The zero-order valence-electron chi connectivity index (χ0n) is 11.7. The molecule has 0 aromatic carbocycles. The summed E-state index contributed by atoms with van der Waals surface area (Å²) in [5.41, 5.74) is 3.44. The van der Waals surface area contributed by atoms with Gasteiger partial charge in [0.25, 0.3) is 0 Å². The average molecular weight is 252 g/mol. The molecule has 1 rings (SSSR count). The first-order chi connectivity index (χ1) is 8.56. The van der Waals surface area contributed by atoms with Crippen molar-refractivity contribution < 1.29 is 0 Å². The number of hydrazine groups is 1. The summed E-state index contributed by atoms with van der Waals surface area (Å²) in [6, 6.07) is 0.485. The molecule has 1 aromatic rings. The summed E-state index contributed by atoms with van der Waals surface area (Å²) in [5, 5.41) is 0. The minimum absolute atomic E-state index is 0.485. The Kier molecular flexibility index (Phi) is 5.97. The molecule has 3 N–H and O–H groups in total. The Balaban J connectivity index is 2.61. The highest BCUT2D eigenvalue weighted by Gasteiger charge is 2.13. The van der Waals surface area contributed by atoms with Crippen LogP contribution in [0.25, 0.3) is 0 Å². The molecule has 0 saturated carbocycles. The Bertz CT molecular complexity index is 337. The molecule has 1 aromatic heterocycles. The van der Waals surface area contributed by atoms with Gasteiger partial charge >= 0.3 is 0 Å². The summed E-state index contributed by atoms with van der Waals surface area (Å²) < 4.78 is 0. The lowest BCUT2D eigenvalue weighted by atomic mass is 10.2. The number of nitrogens with one attached hydrogen (secondary N) is 1. The fourth-order valence-corrected chi connectivity index (χ4v) is 1.94. The van der Waals surface area contributed by atoms with E-state index in [9.17, 15) is 0 Å². The first-order valence-electron chi connectivity index (χ1n) is 6.23. The van der Waals surface area contributed by atoms with Crippen LogP contribution in [0.2, 0.25) is 0 Å². The van der Waals surface area contributed by atoms with E-state index in [2.05, 4.69) is 53.1 Å². The SMILES string of the molecule is CCN(Cc1cnc(NN)cn1)C(C)CN(C)C. The molecule has 1 unspecified atom stereocenters. The Labute approximate surface area is 109 Å². The second kappa shape index (κ2) is 7.25. The molecule has 18 heavy (non-hydrogen) atoms. The van der Waals surface area contributed by atoms with Gasteiger partial charge in [0.1, 0.15) is 0 Å². The van der Waals surface area contributed by atoms with Crippen LogP contribution < -0.4 is 11.3 Å². The molecular weight excluding hydrogens is 228 g/mol. The Hall–Kier alpha value is -1.24. The molecular formula is C12H24N6. The van der Waals surface area contributed by atoms with Crippen molar-refractivity contribution in [2.24, 2.45) is 5.84 Å². The third-order valence-corrected chi connectivity index (χ3v) is 2.88. The average Bonchev–Trinajstić information content (AvgIpc) is 2.35. The first-order valence-corrected chi connectivity index (χ1v) is 6.23. The van der Waals surface area contributed by atoms with E-state index >= 15 is 0 Å². The van der Waals surface area contributed by atoms with Crippen molar-refractivity contribution >= 4 is 5.82 Å². The van der Waals surface area contributed by atoms with E-state index < -0.39 is 0 Å². The minimum Gasteiger partial charge on any atom is -0.308 e. The highest BCUT2D eigenvalue weighted by Crippen LogP contribution is 2.07. The van der Waals surface area contributed by atoms with E-state index in [0.29, 0.717) is 11.9 Å². The van der Waals surface area contributed by atoms with Crippen molar-refractivity contribution in [3.05, 3.63) is 18.1 Å². The van der Waals surface area contributed by atoms with Gasteiger partial charge in [-0.3, -0.25) is 9.88 Å². The van der Waals surface area contributed by atoms with Gasteiger partial charge in [-0.1, -0.05) is 6.92 Å². The molecule has 102 valence electrons. The van der Waals surface area contributed by atoms with Crippen molar-refractivity contribution in [3.63, 3.8) is 0 Å².